The van der Waals surface area contributed by atoms with Crippen LogP contribution in [0.2, 0.25) is 10.0 Å². The van der Waals surface area contributed by atoms with E-state index >= 15 is 0 Å². The molecule has 0 saturated carbocycles. The average molecular weight is 625 g/mol. The Balaban J connectivity index is 1.75. The molecule has 1 aliphatic rings. The van der Waals surface area contributed by atoms with Gasteiger partial charge in [-0.25, -0.2) is 12.8 Å². The van der Waals surface area contributed by atoms with E-state index in [-0.39, 0.29) is 40.9 Å². The number of ether oxygens (including phenoxy) is 2. The van der Waals surface area contributed by atoms with Crippen LogP contribution in [0.15, 0.2) is 65.6 Å². The Morgan fingerprint density at radius 1 is 0.976 bits per heavy atom. The van der Waals surface area contributed by atoms with E-state index in [2.05, 4.69) is 5.32 Å². The summed E-state index contributed by atoms with van der Waals surface area (Å²) in [5, 5.41) is 3.14. The molecule has 3 aromatic carbocycles. The molecular formula is C28H28Cl2FN3O6S. The van der Waals surface area contributed by atoms with Crippen molar-refractivity contribution in [2.45, 2.75) is 30.8 Å². The number of nitrogens with one attached hydrogen (secondary N) is 1. The van der Waals surface area contributed by atoms with Crippen LogP contribution in [0.25, 0.3) is 0 Å². The van der Waals surface area contributed by atoms with Crippen LogP contribution in [0.3, 0.4) is 0 Å². The predicted molar refractivity (Wildman–Crippen MR) is 154 cm³/mol. The van der Waals surface area contributed by atoms with E-state index in [9.17, 15) is 22.4 Å². The molecular weight excluding hydrogens is 596 g/mol. The number of carbonyl (C=O) groups is 2. The molecule has 2 amide bonds. The largest absolute Gasteiger partial charge is 0.486 e. The second kappa shape index (κ2) is 13.0. The topological polar surface area (TPSA) is 105 Å². The Kier molecular flexibility index (Phi) is 9.62. The number of carbonyl (C=O) groups excluding carboxylic acids is 2. The van der Waals surface area contributed by atoms with Gasteiger partial charge in [0.2, 0.25) is 11.8 Å². The molecule has 1 atom stereocenters. The summed E-state index contributed by atoms with van der Waals surface area (Å²) in [5.74, 6) is -1.04. The number of likely N-dealkylation sites (N-methyl/N-ethyl adjacent to an activating group) is 1. The zero-order chi connectivity index (χ0) is 29.7. The Labute approximate surface area is 247 Å². The second-order valence-corrected chi connectivity index (χ2v) is 11.8. The Morgan fingerprint density at radius 2 is 1.66 bits per heavy atom. The highest BCUT2D eigenvalue weighted by Gasteiger charge is 2.34. The minimum Gasteiger partial charge on any atom is -0.486 e. The van der Waals surface area contributed by atoms with Gasteiger partial charge in [-0.15, -0.1) is 0 Å². The number of hydrogen-bond acceptors (Lipinski definition) is 6. The molecule has 3 aromatic rings. The fraction of sp³-hybridized carbons (Fsp3) is 0.286. The van der Waals surface area contributed by atoms with Crippen molar-refractivity contribution in [2.75, 3.05) is 31.1 Å². The van der Waals surface area contributed by atoms with Gasteiger partial charge in [0.15, 0.2) is 11.5 Å². The molecule has 0 unspecified atom stereocenters. The number of hydrogen-bond donors (Lipinski definition) is 1. The lowest BCUT2D eigenvalue weighted by Crippen LogP contribution is -2.51. The van der Waals surface area contributed by atoms with Gasteiger partial charge in [-0.05, 0) is 60.5 Å². The van der Waals surface area contributed by atoms with Crippen molar-refractivity contribution in [1.29, 1.82) is 0 Å². The van der Waals surface area contributed by atoms with E-state index in [0.29, 0.717) is 22.9 Å². The van der Waals surface area contributed by atoms with Gasteiger partial charge in [0.25, 0.3) is 10.0 Å². The molecule has 41 heavy (non-hydrogen) atoms. The highest BCUT2D eigenvalue weighted by molar-refractivity contribution is 7.92. The number of anilines is 1. The normalized spacial score (nSPS) is 13.3. The molecule has 9 nitrogen and oxygen atoms in total. The summed E-state index contributed by atoms with van der Waals surface area (Å²) >= 11 is 12.2. The van der Waals surface area contributed by atoms with Crippen LogP contribution in [0.1, 0.15) is 18.9 Å². The van der Waals surface area contributed by atoms with Crippen LogP contribution in [0.4, 0.5) is 10.1 Å². The molecule has 4 rings (SSSR count). The van der Waals surface area contributed by atoms with Gasteiger partial charge in [-0.1, -0.05) is 36.2 Å². The summed E-state index contributed by atoms with van der Waals surface area (Å²) in [6, 6.07) is 12.7. The van der Waals surface area contributed by atoms with Crippen molar-refractivity contribution in [2.24, 2.45) is 0 Å². The molecule has 0 spiro atoms. The molecule has 13 heteroatoms. The van der Waals surface area contributed by atoms with E-state index in [1.54, 1.807) is 25.1 Å². The molecule has 0 saturated heterocycles. The van der Waals surface area contributed by atoms with Gasteiger partial charge < -0.3 is 19.7 Å². The molecule has 1 heterocycles. The SMILES string of the molecule is CC[C@@H](C(=O)NC)N(Cc1ccc(Cl)c(Cl)c1)C(=O)CN(c1ccc(F)cc1)S(=O)(=O)c1ccc2c(c1)OCCO2. The van der Waals surface area contributed by atoms with E-state index in [4.69, 9.17) is 32.7 Å². The summed E-state index contributed by atoms with van der Waals surface area (Å²) in [5.41, 5.74) is 0.634. The average Bonchev–Trinajstić information content (AvgIpc) is 2.97. The maximum atomic E-state index is 14.0. The first-order valence-corrected chi connectivity index (χ1v) is 14.9. The zero-order valence-corrected chi connectivity index (χ0v) is 24.6. The van der Waals surface area contributed by atoms with Crippen LogP contribution in [0, 0.1) is 5.82 Å². The highest BCUT2D eigenvalue weighted by atomic mass is 35.5. The van der Waals surface area contributed by atoms with Gasteiger partial charge >= 0.3 is 0 Å². The summed E-state index contributed by atoms with van der Waals surface area (Å²) in [6.07, 6.45) is 0.248. The standard InChI is InChI=1S/C28H28Cl2FN3O6S/c1-3-24(28(36)32-2)33(16-18-4-10-22(29)23(30)14-18)27(35)17-34(20-7-5-19(31)6-8-20)41(37,38)21-9-11-25-26(15-21)40-13-12-39-25/h4-11,14-15,24H,3,12-13,16-17H2,1-2H3,(H,32,36)/t24-/m0/s1. The van der Waals surface area contributed by atoms with E-state index < -0.39 is 40.2 Å². The quantitative estimate of drug-likeness (QED) is 0.352. The summed E-state index contributed by atoms with van der Waals surface area (Å²) < 4.78 is 53.7. The third-order valence-corrected chi connectivity index (χ3v) is 8.97. The van der Waals surface area contributed by atoms with Gasteiger partial charge in [0, 0.05) is 19.7 Å². The maximum Gasteiger partial charge on any atom is 0.264 e. The molecule has 218 valence electrons. The van der Waals surface area contributed by atoms with Gasteiger partial charge in [0.1, 0.15) is 31.6 Å². The maximum absolute atomic E-state index is 14.0. The van der Waals surface area contributed by atoms with Crippen LogP contribution in [0.5, 0.6) is 11.5 Å². The fourth-order valence-electron chi connectivity index (χ4n) is 4.37. The van der Waals surface area contributed by atoms with Crippen molar-refractivity contribution in [3.63, 3.8) is 0 Å². The first-order chi connectivity index (χ1) is 19.5. The van der Waals surface area contributed by atoms with Crippen molar-refractivity contribution in [3.8, 4) is 11.5 Å². The van der Waals surface area contributed by atoms with Crippen molar-refractivity contribution < 1.29 is 31.9 Å². The van der Waals surface area contributed by atoms with Crippen LogP contribution >= 0.6 is 23.2 Å². The smallest absolute Gasteiger partial charge is 0.264 e. The van der Waals surface area contributed by atoms with Crippen molar-refractivity contribution in [3.05, 3.63) is 82.1 Å². The van der Waals surface area contributed by atoms with Gasteiger partial charge in [-0.2, -0.15) is 0 Å². The van der Waals surface area contributed by atoms with E-state index in [1.165, 1.54) is 42.3 Å². The van der Waals surface area contributed by atoms with Crippen LogP contribution in [-0.2, 0) is 26.2 Å². The van der Waals surface area contributed by atoms with Gasteiger partial charge in [0.05, 0.1) is 20.6 Å². The summed E-state index contributed by atoms with van der Waals surface area (Å²) in [7, 11) is -2.94. The number of sulfonamides is 1. The number of fused-ring (bicyclic) bond motifs is 1. The molecule has 0 fully saturated rings. The lowest BCUT2D eigenvalue weighted by Gasteiger charge is -2.33. The molecule has 0 bridgehead atoms. The summed E-state index contributed by atoms with van der Waals surface area (Å²) in [4.78, 5) is 27.9. The minimum atomic E-state index is -4.38. The number of nitrogens with zero attached hydrogens (tertiary/aromatic N) is 2. The third-order valence-electron chi connectivity index (χ3n) is 6.46. The first-order valence-electron chi connectivity index (χ1n) is 12.7. The first kappa shape index (κ1) is 30.4. The third kappa shape index (κ3) is 6.86. The van der Waals surface area contributed by atoms with E-state index in [0.717, 1.165) is 16.4 Å². The molecule has 0 radical (unpaired) electrons. The minimum absolute atomic E-state index is 0.0526. The molecule has 1 aliphatic heterocycles. The predicted octanol–water partition coefficient (Wildman–Crippen LogP) is 4.65. The molecule has 0 aliphatic carbocycles. The number of benzene rings is 3. The van der Waals surface area contributed by atoms with Crippen molar-refractivity contribution in [1.82, 2.24) is 10.2 Å². The second-order valence-electron chi connectivity index (χ2n) is 9.10. The lowest BCUT2D eigenvalue weighted by molar-refractivity contribution is -0.140. The summed E-state index contributed by atoms with van der Waals surface area (Å²) in [6.45, 7) is 1.57. The highest BCUT2D eigenvalue weighted by Crippen LogP contribution is 2.34. The number of halogens is 3. The van der Waals surface area contributed by atoms with E-state index in [1.807, 2.05) is 0 Å². The van der Waals surface area contributed by atoms with Crippen LogP contribution in [-0.4, -0.2) is 58.0 Å². The number of rotatable bonds is 10. The zero-order valence-electron chi connectivity index (χ0n) is 22.3. The van der Waals surface area contributed by atoms with Crippen LogP contribution < -0.4 is 19.1 Å². The Bertz CT molecular complexity index is 1540. The Morgan fingerprint density at radius 3 is 2.29 bits per heavy atom. The number of amides is 2. The fourth-order valence-corrected chi connectivity index (χ4v) is 6.12. The molecule has 1 N–H and O–H groups in total. The lowest BCUT2D eigenvalue weighted by atomic mass is 10.1. The van der Waals surface area contributed by atoms with Gasteiger partial charge in [-0.3, -0.25) is 13.9 Å². The molecule has 0 aromatic heterocycles. The van der Waals surface area contributed by atoms with Crippen molar-refractivity contribution >= 4 is 50.7 Å². The monoisotopic (exact) mass is 623 g/mol. The Hall–Kier alpha value is -3.54.